The molecule has 6 heteroatoms. The molecule has 0 aliphatic rings. The van der Waals surface area contributed by atoms with E-state index in [1.165, 1.54) is 12.7 Å². The maximum atomic E-state index is 12.3. The molecule has 0 radical (unpaired) electrons. The Labute approximate surface area is 198 Å². The lowest BCUT2D eigenvalue weighted by molar-refractivity contribution is -0.136. The quantitative estimate of drug-likeness (QED) is 0.161. The minimum Gasteiger partial charge on any atom is -0.493 e. The van der Waals surface area contributed by atoms with Gasteiger partial charge in [0.25, 0.3) is 0 Å². The maximum Gasteiger partial charge on any atom is 0.349 e. The van der Waals surface area contributed by atoms with Gasteiger partial charge in [-0.15, -0.1) is 0 Å². The predicted molar refractivity (Wildman–Crippen MR) is 129 cm³/mol. The number of hydrogen-bond acceptors (Lipinski definition) is 5. The summed E-state index contributed by atoms with van der Waals surface area (Å²) in [6.45, 7) is 1.90. The smallest absolute Gasteiger partial charge is 0.349 e. The van der Waals surface area contributed by atoms with Gasteiger partial charge in [-0.3, -0.25) is 0 Å². The van der Waals surface area contributed by atoms with Crippen LogP contribution in [0, 0.1) is 11.3 Å². The number of nitrogens with zero attached hydrogens (tertiary/aromatic N) is 1. The Morgan fingerprint density at radius 2 is 1.76 bits per heavy atom. The highest BCUT2D eigenvalue weighted by Crippen LogP contribution is 2.30. The summed E-state index contributed by atoms with van der Waals surface area (Å²) in [5.41, 5.74) is 3.16. The van der Waals surface area contributed by atoms with Crippen molar-refractivity contribution in [1.29, 1.82) is 5.26 Å². The second-order valence-corrected chi connectivity index (χ2v) is 7.68. The first-order valence-electron chi connectivity index (χ1n) is 10.5. The number of hydrogen-bond donors (Lipinski definition) is 0. The van der Waals surface area contributed by atoms with Gasteiger partial charge in [-0.25, -0.2) is 4.79 Å². The molecule has 33 heavy (non-hydrogen) atoms. The van der Waals surface area contributed by atoms with Gasteiger partial charge in [0.15, 0.2) is 18.1 Å². The third kappa shape index (κ3) is 6.86. The molecule has 0 aromatic heterocycles. The van der Waals surface area contributed by atoms with Crippen molar-refractivity contribution >= 4 is 29.2 Å². The zero-order valence-corrected chi connectivity index (χ0v) is 19.3. The van der Waals surface area contributed by atoms with Gasteiger partial charge in [-0.1, -0.05) is 55.3 Å². The number of allylic oxidation sites excluding steroid dienone is 1. The molecule has 0 N–H and O–H groups in total. The van der Waals surface area contributed by atoms with E-state index < -0.39 is 5.97 Å². The largest absolute Gasteiger partial charge is 0.493 e. The molecule has 0 bridgehead atoms. The van der Waals surface area contributed by atoms with Crippen LogP contribution < -0.4 is 14.2 Å². The van der Waals surface area contributed by atoms with Gasteiger partial charge in [0, 0.05) is 5.02 Å². The molecular formula is C27H24ClNO4. The lowest BCUT2D eigenvalue weighted by Gasteiger charge is -2.11. The molecule has 0 aliphatic carbocycles. The second-order valence-electron chi connectivity index (χ2n) is 7.24. The SMILES string of the molecule is CCCc1ccc(OCC(=O)Oc2ccc(/C=C(\C#N)c3ccc(Cl)cc3)cc2OC)cc1. The summed E-state index contributed by atoms with van der Waals surface area (Å²) < 4.78 is 16.3. The van der Waals surface area contributed by atoms with Gasteiger partial charge >= 0.3 is 5.97 Å². The molecule has 0 atom stereocenters. The molecule has 0 unspecified atom stereocenters. The molecule has 0 saturated heterocycles. The minimum absolute atomic E-state index is 0.229. The Bertz CT molecular complexity index is 1160. The van der Waals surface area contributed by atoms with E-state index in [9.17, 15) is 10.1 Å². The molecule has 0 amide bonds. The van der Waals surface area contributed by atoms with Crippen LogP contribution >= 0.6 is 11.6 Å². The highest BCUT2D eigenvalue weighted by molar-refractivity contribution is 6.30. The number of nitriles is 1. The molecule has 3 rings (SSSR count). The number of rotatable bonds is 9. The van der Waals surface area contributed by atoms with Crippen LogP contribution in [0.4, 0.5) is 0 Å². The van der Waals surface area contributed by atoms with Gasteiger partial charge in [-0.05, 0) is 65.6 Å². The van der Waals surface area contributed by atoms with Crippen LogP contribution in [0.5, 0.6) is 17.2 Å². The van der Waals surface area contributed by atoms with Crippen molar-refractivity contribution in [2.75, 3.05) is 13.7 Å². The highest BCUT2D eigenvalue weighted by Gasteiger charge is 2.12. The Hall–Kier alpha value is -3.75. The number of carbonyl (C=O) groups excluding carboxylic acids is 1. The number of benzene rings is 3. The summed E-state index contributed by atoms with van der Waals surface area (Å²) >= 11 is 5.92. The zero-order chi connectivity index (χ0) is 23.6. The second kappa shape index (κ2) is 11.8. The monoisotopic (exact) mass is 461 g/mol. The topological polar surface area (TPSA) is 68.5 Å². The minimum atomic E-state index is -0.548. The third-order valence-electron chi connectivity index (χ3n) is 4.82. The first-order chi connectivity index (χ1) is 16.0. The van der Waals surface area contributed by atoms with Gasteiger partial charge < -0.3 is 14.2 Å². The summed E-state index contributed by atoms with van der Waals surface area (Å²) in [7, 11) is 1.49. The Morgan fingerprint density at radius 3 is 2.39 bits per heavy atom. The number of esters is 1. The van der Waals surface area contributed by atoms with Gasteiger partial charge in [-0.2, -0.15) is 5.26 Å². The molecule has 5 nitrogen and oxygen atoms in total. The van der Waals surface area contributed by atoms with Crippen molar-refractivity contribution in [3.63, 3.8) is 0 Å². The number of methoxy groups -OCH3 is 1. The number of ether oxygens (including phenoxy) is 3. The molecule has 0 aliphatic heterocycles. The molecular weight excluding hydrogens is 438 g/mol. The van der Waals surface area contributed by atoms with Crippen LogP contribution in [0.15, 0.2) is 66.7 Å². The van der Waals surface area contributed by atoms with Crippen LogP contribution in [0.25, 0.3) is 11.6 Å². The Balaban J connectivity index is 1.67. The average Bonchev–Trinajstić information content (AvgIpc) is 2.83. The van der Waals surface area contributed by atoms with Crippen LogP contribution in [-0.4, -0.2) is 19.7 Å². The fraction of sp³-hybridized carbons (Fsp3) is 0.185. The normalized spacial score (nSPS) is 10.9. The summed E-state index contributed by atoms with van der Waals surface area (Å²) in [5, 5.41) is 10.1. The van der Waals surface area contributed by atoms with Crippen molar-refractivity contribution in [2.45, 2.75) is 19.8 Å². The summed E-state index contributed by atoms with van der Waals surface area (Å²) in [6.07, 6.45) is 3.80. The van der Waals surface area contributed by atoms with Crippen LogP contribution in [0.3, 0.4) is 0 Å². The molecule has 0 saturated carbocycles. The molecule has 3 aromatic carbocycles. The Morgan fingerprint density at radius 1 is 1.03 bits per heavy atom. The van der Waals surface area contributed by atoms with E-state index in [4.69, 9.17) is 25.8 Å². The summed E-state index contributed by atoms with van der Waals surface area (Å²) in [6, 6.07) is 21.9. The van der Waals surface area contributed by atoms with E-state index in [-0.39, 0.29) is 12.4 Å². The van der Waals surface area contributed by atoms with E-state index >= 15 is 0 Å². The molecule has 3 aromatic rings. The lowest BCUT2D eigenvalue weighted by Crippen LogP contribution is -2.18. The van der Waals surface area contributed by atoms with Crippen molar-refractivity contribution in [3.8, 4) is 23.3 Å². The number of halogens is 1. The van der Waals surface area contributed by atoms with Crippen LogP contribution in [0.1, 0.15) is 30.0 Å². The standard InChI is InChI=1S/C27H24ClNO4/c1-3-4-19-5-12-24(13-6-19)32-18-27(30)33-25-14-7-20(16-26(25)31-2)15-22(17-29)21-8-10-23(28)11-9-21/h5-16H,3-4,18H2,1-2H3/b22-15+. The van der Waals surface area contributed by atoms with E-state index in [1.807, 2.05) is 24.3 Å². The highest BCUT2D eigenvalue weighted by atomic mass is 35.5. The van der Waals surface area contributed by atoms with Gasteiger partial charge in [0.1, 0.15) is 5.75 Å². The van der Waals surface area contributed by atoms with E-state index in [1.54, 1.807) is 48.5 Å². The number of aryl methyl sites for hydroxylation is 1. The van der Waals surface area contributed by atoms with E-state index in [0.717, 1.165) is 24.0 Å². The molecule has 0 fully saturated rings. The first-order valence-corrected chi connectivity index (χ1v) is 10.9. The van der Waals surface area contributed by atoms with Crippen molar-refractivity contribution < 1.29 is 19.0 Å². The zero-order valence-electron chi connectivity index (χ0n) is 18.5. The molecule has 0 heterocycles. The lowest BCUT2D eigenvalue weighted by atomic mass is 10.0. The van der Waals surface area contributed by atoms with Crippen LogP contribution in [0.2, 0.25) is 5.02 Å². The van der Waals surface area contributed by atoms with Crippen molar-refractivity contribution in [3.05, 3.63) is 88.4 Å². The van der Waals surface area contributed by atoms with Crippen molar-refractivity contribution in [1.82, 2.24) is 0 Å². The maximum absolute atomic E-state index is 12.3. The van der Waals surface area contributed by atoms with Crippen molar-refractivity contribution in [2.24, 2.45) is 0 Å². The fourth-order valence-electron chi connectivity index (χ4n) is 3.17. The molecule has 168 valence electrons. The molecule has 0 spiro atoms. The summed E-state index contributed by atoms with van der Waals surface area (Å²) in [5.74, 6) is 0.694. The third-order valence-corrected chi connectivity index (χ3v) is 5.07. The number of carbonyl (C=O) groups is 1. The first kappa shape index (κ1) is 23.9. The fourth-order valence-corrected chi connectivity index (χ4v) is 3.30. The van der Waals surface area contributed by atoms with Gasteiger partial charge in [0.2, 0.25) is 0 Å². The van der Waals surface area contributed by atoms with Gasteiger partial charge in [0.05, 0.1) is 18.8 Å². The predicted octanol–water partition coefficient (Wildman–Crippen LogP) is 6.35. The Kier molecular flexibility index (Phi) is 8.51. The summed E-state index contributed by atoms with van der Waals surface area (Å²) in [4.78, 5) is 12.3. The average molecular weight is 462 g/mol. The van der Waals surface area contributed by atoms with E-state index in [2.05, 4.69) is 13.0 Å². The van der Waals surface area contributed by atoms with E-state index in [0.29, 0.717) is 22.1 Å². The van der Waals surface area contributed by atoms with Crippen LogP contribution in [-0.2, 0) is 11.2 Å².